The van der Waals surface area contributed by atoms with Gasteiger partial charge in [-0.2, -0.15) is 0 Å². The van der Waals surface area contributed by atoms with Gasteiger partial charge in [-0.15, -0.1) is 0 Å². The van der Waals surface area contributed by atoms with Crippen LogP contribution in [0.15, 0.2) is 53.5 Å². The molecule has 2 aromatic heterocycles. The second-order valence-corrected chi connectivity index (χ2v) is 8.13. The Labute approximate surface area is 178 Å². The summed E-state index contributed by atoms with van der Waals surface area (Å²) in [6.07, 6.45) is 3.31. The van der Waals surface area contributed by atoms with Crippen molar-refractivity contribution in [2.24, 2.45) is 7.05 Å². The van der Waals surface area contributed by atoms with Gasteiger partial charge in [0.1, 0.15) is 0 Å². The fourth-order valence-electron chi connectivity index (χ4n) is 4.39. The number of imidazole rings is 1. The van der Waals surface area contributed by atoms with Crippen LogP contribution in [-0.4, -0.2) is 24.8 Å². The van der Waals surface area contributed by atoms with E-state index in [-0.39, 0.29) is 18.2 Å². The number of aromatic nitrogens is 3. The third-order valence-corrected chi connectivity index (χ3v) is 5.83. The SMILES string of the molecule is CCCC(CC(=O)O)n1c(=O)n(Cc2cc(Cl)cc3ccn(C)c23)c2ccccc21. The Morgan fingerprint density at radius 1 is 1.17 bits per heavy atom. The van der Waals surface area contributed by atoms with Crippen LogP contribution in [0.1, 0.15) is 37.8 Å². The lowest BCUT2D eigenvalue weighted by Crippen LogP contribution is -2.29. The van der Waals surface area contributed by atoms with Gasteiger partial charge in [-0.3, -0.25) is 13.9 Å². The predicted molar refractivity (Wildman–Crippen MR) is 119 cm³/mol. The number of hydrogen-bond donors (Lipinski definition) is 1. The molecule has 1 atom stereocenters. The number of para-hydroxylation sites is 2. The number of carboxylic acids is 1. The third kappa shape index (κ3) is 3.52. The summed E-state index contributed by atoms with van der Waals surface area (Å²) in [4.78, 5) is 25.0. The average molecular weight is 426 g/mol. The van der Waals surface area contributed by atoms with Gasteiger partial charge in [0.25, 0.3) is 0 Å². The summed E-state index contributed by atoms with van der Waals surface area (Å²) < 4.78 is 5.40. The Balaban J connectivity index is 1.91. The molecule has 0 amide bonds. The summed E-state index contributed by atoms with van der Waals surface area (Å²) in [7, 11) is 1.97. The molecule has 4 rings (SSSR count). The number of nitrogens with zero attached hydrogens (tertiary/aromatic N) is 3. The van der Waals surface area contributed by atoms with Gasteiger partial charge in [0.15, 0.2) is 0 Å². The molecular formula is C23H24ClN3O3. The van der Waals surface area contributed by atoms with Gasteiger partial charge in [0.05, 0.1) is 29.5 Å². The van der Waals surface area contributed by atoms with E-state index in [1.807, 2.05) is 67.2 Å². The van der Waals surface area contributed by atoms with Crippen LogP contribution >= 0.6 is 11.6 Å². The summed E-state index contributed by atoms with van der Waals surface area (Å²) in [5, 5.41) is 11.0. The largest absolute Gasteiger partial charge is 0.481 e. The third-order valence-electron chi connectivity index (χ3n) is 5.61. The minimum Gasteiger partial charge on any atom is -0.481 e. The van der Waals surface area contributed by atoms with E-state index in [0.717, 1.165) is 33.9 Å². The van der Waals surface area contributed by atoms with Crippen LogP contribution in [0.25, 0.3) is 21.9 Å². The highest BCUT2D eigenvalue weighted by atomic mass is 35.5. The molecule has 0 aliphatic rings. The number of benzene rings is 2. The molecule has 1 unspecified atom stereocenters. The van der Waals surface area contributed by atoms with Gasteiger partial charge in [0.2, 0.25) is 0 Å². The fourth-order valence-corrected chi connectivity index (χ4v) is 4.64. The van der Waals surface area contributed by atoms with Crippen molar-refractivity contribution in [2.75, 3.05) is 0 Å². The van der Waals surface area contributed by atoms with Crippen LogP contribution in [0.2, 0.25) is 5.02 Å². The van der Waals surface area contributed by atoms with E-state index in [4.69, 9.17) is 11.6 Å². The summed E-state index contributed by atoms with van der Waals surface area (Å²) >= 11 is 6.34. The van der Waals surface area contributed by atoms with Crippen molar-refractivity contribution in [2.45, 2.75) is 38.8 Å². The van der Waals surface area contributed by atoms with Gasteiger partial charge in [0, 0.05) is 29.7 Å². The summed E-state index contributed by atoms with van der Waals surface area (Å²) in [5.41, 5.74) is 3.32. The van der Waals surface area contributed by atoms with Crippen molar-refractivity contribution >= 4 is 39.5 Å². The van der Waals surface area contributed by atoms with E-state index in [9.17, 15) is 14.7 Å². The van der Waals surface area contributed by atoms with Crippen molar-refractivity contribution in [3.05, 3.63) is 69.7 Å². The molecule has 1 N–H and O–H groups in total. The first-order valence-corrected chi connectivity index (χ1v) is 10.4. The zero-order valence-electron chi connectivity index (χ0n) is 17.0. The maximum atomic E-state index is 13.5. The number of rotatable bonds is 7. The molecule has 0 saturated carbocycles. The molecule has 0 radical (unpaired) electrons. The van der Waals surface area contributed by atoms with Crippen LogP contribution in [0.3, 0.4) is 0 Å². The van der Waals surface area contributed by atoms with Crippen LogP contribution in [0.4, 0.5) is 0 Å². The van der Waals surface area contributed by atoms with Gasteiger partial charge in [-0.1, -0.05) is 37.1 Å². The number of aliphatic carboxylic acids is 1. The van der Waals surface area contributed by atoms with Crippen LogP contribution in [-0.2, 0) is 18.4 Å². The van der Waals surface area contributed by atoms with Crippen molar-refractivity contribution in [1.82, 2.24) is 13.7 Å². The number of carboxylic acid groups (broad SMARTS) is 1. The molecule has 0 bridgehead atoms. The zero-order chi connectivity index (χ0) is 21.4. The van der Waals surface area contributed by atoms with E-state index in [1.165, 1.54) is 0 Å². The van der Waals surface area contributed by atoms with E-state index in [0.29, 0.717) is 18.0 Å². The topological polar surface area (TPSA) is 69.2 Å². The van der Waals surface area contributed by atoms with E-state index >= 15 is 0 Å². The average Bonchev–Trinajstić information content (AvgIpc) is 3.19. The van der Waals surface area contributed by atoms with Gasteiger partial charge < -0.3 is 9.67 Å². The molecule has 0 fully saturated rings. The Kier molecular flexibility index (Phi) is 5.43. The molecule has 30 heavy (non-hydrogen) atoms. The van der Waals surface area contributed by atoms with Crippen LogP contribution in [0.5, 0.6) is 0 Å². The fraction of sp³-hybridized carbons (Fsp3) is 0.304. The van der Waals surface area contributed by atoms with Gasteiger partial charge in [-0.05, 0) is 42.3 Å². The lowest BCUT2D eigenvalue weighted by atomic mass is 10.1. The maximum absolute atomic E-state index is 13.5. The van der Waals surface area contributed by atoms with E-state index in [1.54, 1.807) is 9.13 Å². The molecule has 156 valence electrons. The van der Waals surface area contributed by atoms with Crippen molar-refractivity contribution < 1.29 is 9.90 Å². The standard InChI is InChI=1S/C23H24ClN3O3/c1-3-6-18(13-21(28)29)27-20-8-5-4-7-19(20)26(23(27)30)14-16-12-17(24)11-15-9-10-25(2)22(15)16/h4-5,7-12,18H,3,6,13-14H2,1-2H3,(H,28,29). The second-order valence-electron chi connectivity index (χ2n) is 7.70. The summed E-state index contributed by atoms with van der Waals surface area (Å²) in [6, 6.07) is 13.0. The highest BCUT2D eigenvalue weighted by Crippen LogP contribution is 2.28. The molecule has 2 heterocycles. The second kappa shape index (κ2) is 8.03. The number of hydrogen-bond acceptors (Lipinski definition) is 2. The summed E-state index contributed by atoms with van der Waals surface area (Å²) in [5.74, 6) is -0.905. The Morgan fingerprint density at radius 3 is 2.60 bits per heavy atom. The minimum absolute atomic E-state index is 0.0824. The molecule has 0 aliphatic carbocycles. The number of halogens is 1. The van der Waals surface area contributed by atoms with Crippen molar-refractivity contribution in [3.8, 4) is 0 Å². The van der Waals surface area contributed by atoms with E-state index < -0.39 is 5.97 Å². The van der Waals surface area contributed by atoms with Crippen LogP contribution < -0.4 is 5.69 Å². The number of fused-ring (bicyclic) bond motifs is 2. The minimum atomic E-state index is -0.905. The highest BCUT2D eigenvalue weighted by Gasteiger charge is 2.22. The molecule has 0 saturated heterocycles. The Bertz CT molecular complexity index is 1300. The lowest BCUT2D eigenvalue weighted by Gasteiger charge is -2.16. The number of aryl methyl sites for hydroxylation is 1. The lowest BCUT2D eigenvalue weighted by molar-refractivity contribution is -0.137. The smallest absolute Gasteiger partial charge is 0.329 e. The molecule has 0 spiro atoms. The summed E-state index contributed by atoms with van der Waals surface area (Å²) in [6.45, 7) is 2.35. The predicted octanol–water partition coefficient (Wildman–Crippen LogP) is 4.81. The van der Waals surface area contributed by atoms with Crippen molar-refractivity contribution in [1.29, 1.82) is 0 Å². The van der Waals surface area contributed by atoms with Gasteiger partial charge >= 0.3 is 11.7 Å². The Hall–Kier alpha value is -2.99. The quantitative estimate of drug-likeness (QED) is 0.462. The molecule has 6 nitrogen and oxygen atoms in total. The Morgan fingerprint density at radius 2 is 1.90 bits per heavy atom. The molecule has 7 heteroatoms. The first kappa shape index (κ1) is 20.3. The molecular weight excluding hydrogens is 402 g/mol. The molecule has 4 aromatic rings. The first-order valence-electron chi connectivity index (χ1n) is 10.1. The van der Waals surface area contributed by atoms with Crippen LogP contribution in [0, 0.1) is 0 Å². The first-order chi connectivity index (χ1) is 14.4. The molecule has 0 aliphatic heterocycles. The van der Waals surface area contributed by atoms with Gasteiger partial charge in [-0.25, -0.2) is 4.79 Å². The highest BCUT2D eigenvalue weighted by molar-refractivity contribution is 6.31. The zero-order valence-corrected chi connectivity index (χ0v) is 17.8. The normalized spacial score (nSPS) is 12.6. The monoisotopic (exact) mass is 425 g/mol. The molecule has 2 aromatic carbocycles. The van der Waals surface area contributed by atoms with E-state index in [2.05, 4.69) is 0 Å². The number of carbonyl (C=O) groups is 1. The maximum Gasteiger partial charge on any atom is 0.329 e. The van der Waals surface area contributed by atoms with Crippen molar-refractivity contribution in [3.63, 3.8) is 0 Å².